The number of esters is 2. The summed E-state index contributed by atoms with van der Waals surface area (Å²) in [6.07, 6.45) is 33.7. The van der Waals surface area contributed by atoms with Crippen molar-refractivity contribution in [2.75, 3.05) is 47.5 Å². The van der Waals surface area contributed by atoms with Crippen LogP contribution >= 0.6 is 7.82 Å². The summed E-state index contributed by atoms with van der Waals surface area (Å²) < 4.78 is 33.8. The van der Waals surface area contributed by atoms with E-state index in [0.717, 1.165) is 44.9 Å². The van der Waals surface area contributed by atoms with Gasteiger partial charge in [0.25, 0.3) is 7.82 Å². The van der Waals surface area contributed by atoms with Crippen LogP contribution < -0.4 is 4.89 Å². The molecule has 10 heteroatoms. The van der Waals surface area contributed by atoms with Gasteiger partial charge in [0.15, 0.2) is 6.10 Å². The van der Waals surface area contributed by atoms with E-state index in [9.17, 15) is 19.0 Å². The second-order valence-corrected chi connectivity index (χ2v) is 16.8. The zero-order chi connectivity index (χ0) is 37.9. The summed E-state index contributed by atoms with van der Waals surface area (Å²) in [5.74, 6) is -0.833. The van der Waals surface area contributed by atoms with Crippen molar-refractivity contribution in [2.24, 2.45) is 0 Å². The summed E-state index contributed by atoms with van der Waals surface area (Å²) in [7, 11) is 1.17. The Hall–Kier alpha value is -1.25. The minimum atomic E-state index is -4.62. The van der Waals surface area contributed by atoms with Crippen LogP contribution in [0.25, 0.3) is 0 Å². The Labute approximate surface area is 314 Å². The first-order chi connectivity index (χ1) is 24.5. The SMILES string of the molecule is CCCCCC/C=C/CCCCCCCCCC(=O)O[C@H](COC(=O)CCCCCCCCCCCCCC)COP(=O)([O-])OCC[N+](C)(C)C. The quantitative estimate of drug-likeness (QED) is 0.0202. The normalized spacial score (nSPS) is 13.8. The number of allylic oxidation sites excluding steroid dienone is 2. The minimum Gasteiger partial charge on any atom is -0.756 e. The standard InChI is InChI=1S/C41H80NO8P/c1-6-8-10-12-14-16-18-20-21-22-24-26-28-30-32-34-41(44)50-39(38-49-51(45,46)48-36-35-42(3,4)5)37-47-40(43)33-31-29-27-25-23-19-17-15-13-11-9-7-2/h16,18,39H,6-15,17,19-38H2,1-5H3/b18-16+/t39-/m1/s1. The number of phosphoric ester groups is 1. The van der Waals surface area contributed by atoms with Crippen LogP contribution in [-0.2, 0) is 32.7 Å². The zero-order valence-electron chi connectivity index (χ0n) is 33.8. The Bertz CT molecular complexity index is 891. The topological polar surface area (TPSA) is 111 Å². The first-order valence-electron chi connectivity index (χ1n) is 20.9. The van der Waals surface area contributed by atoms with Crippen molar-refractivity contribution in [1.82, 2.24) is 0 Å². The lowest BCUT2D eigenvalue weighted by molar-refractivity contribution is -0.870. The Balaban J connectivity index is 4.38. The van der Waals surface area contributed by atoms with Gasteiger partial charge in [0, 0.05) is 12.8 Å². The number of carbonyl (C=O) groups excluding carboxylic acids is 2. The molecule has 0 fully saturated rings. The molecule has 0 aromatic rings. The molecule has 0 aliphatic rings. The predicted molar refractivity (Wildman–Crippen MR) is 208 cm³/mol. The fourth-order valence-electron chi connectivity index (χ4n) is 5.71. The molecular formula is C41H80NO8P. The molecule has 9 nitrogen and oxygen atoms in total. The number of phosphoric acid groups is 1. The molecule has 0 bridgehead atoms. The Morgan fingerprint density at radius 2 is 1.00 bits per heavy atom. The summed E-state index contributed by atoms with van der Waals surface area (Å²) in [5.41, 5.74) is 0. The zero-order valence-corrected chi connectivity index (χ0v) is 34.7. The third-order valence-corrected chi connectivity index (χ3v) is 10.00. The number of likely N-dealkylation sites (N-methyl/N-ethyl adjacent to an activating group) is 1. The second-order valence-electron chi connectivity index (χ2n) is 15.4. The van der Waals surface area contributed by atoms with Crippen molar-refractivity contribution in [2.45, 2.75) is 193 Å². The molecule has 0 amide bonds. The molecule has 2 atom stereocenters. The van der Waals surface area contributed by atoms with Crippen LogP contribution in [0.15, 0.2) is 12.2 Å². The van der Waals surface area contributed by atoms with Crippen LogP contribution in [0.5, 0.6) is 0 Å². The van der Waals surface area contributed by atoms with Gasteiger partial charge in [-0.15, -0.1) is 0 Å². The molecule has 302 valence electrons. The van der Waals surface area contributed by atoms with Gasteiger partial charge in [-0.25, -0.2) is 0 Å². The maximum atomic E-state index is 12.6. The molecular weight excluding hydrogens is 665 g/mol. The maximum Gasteiger partial charge on any atom is 0.306 e. The maximum absolute atomic E-state index is 12.6. The van der Waals surface area contributed by atoms with Gasteiger partial charge >= 0.3 is 11.9 Å². The Morgan fingerprint density at radius 3 is 1.47 bits per heavy atom. The molecule has 0 heterocycles. The molecule has 0 aromatic heterocycles. The van der Waals surface area contributed by atoms with Crippen LogP contribution in [0.3, 0.4) is 0 Å². The largest absolute Gasteiger partial charge is 0.756 e. The Morgan fingerprint density at radius 1 is 0.588 bits per heavy atom. The van der Waals surface area contributed by atoms with E-state index in [4.69, 9.17) is 18.5 Å². The molecule has 0 N–H and O–H groups in total. The monoisotopic (exact) mass is 746 g/mol. The molecule has 51 heavy (non-hydrogen) atoms. The molecule has 0 saturated carbocycles. The summed E-state index contributed by atoms with van der Waals surface area (Å²) in [6.45, 7) is 4.21. The van der Waals surface area contributed by atoms with Gasteiger partial charge in [0.05, 0.1) is 27.7 Å². The number of nitrogens with zero attached hydrogens (tertiary/aromatic N) is 1. The molecule has 0 rings (SSSR count). The van der Waals surface area contributed by atoms with Crippen molar-refractivity contribution < 1.29 is 42.1 Å². The lowest BCUT2D eigenvalue weighted by Crippen LogP contribution is -2.37. The van der Waals surface area contributed by atoms with Crippen molar-refractivity contribution in [3.8, 4) is 0 Å². The molecule has 0 saturated heterocycles. The number of carbonyl (C=O) groups is 2. The van der Waals surface area contributed by atoms with Gasteiger partial charge in [0.1, 0.15) is 19.8 Å². The van der Waals surface area contributed by atoms with Crippen LogP contribution in [-0.4, -0.2) is 70.0 Å². The lowest BCUT2D eigenvalue weighted by atomic mass is 10.0. The van der Waals surface area contributed by atoms with Gasteiger partial charge < -0.3 is 27.9 Å². The van der Waals surface area contributed by atoms with E-state index in [-0.39, 0.29) is 32.0 Å². The third kappa shape index (κ3) is 38.3. The van der Waals surface area contributed by atoms with Gasteiger partial charge in [-0.3, -0.25) is 14.2 Å². The first kappa shape index (κ1) is 49.8. The molecule has 1 unspecified atom stereocenters. The average molecular weight is 746 g/mol. The van der Waals surface area contributed by atoms with E-state index in [1.165, 1.54) is 109 Å². The molecule has 0 aliphatic heterocycles. The van der Waals surface area contributed by atoms with Gasteiger partial charge in [-0.05, 0) is 38.5 Å². The third-order valence-electron chi connectivity index (χ3n) is 9.04. The summed E-state index contributed by atoms with van der Waals surface area (Å²) in [5, 5.41) is 0. The van der Waals surface area contributed by atoms with Crippen molar-refractivity contribution >= 4 is 19.8 Å². The molecule has 0 aliphatic carbocycles. The van der Waals surface area contributed by atoms with Crippen LogP contribution in [0.4, 0.5) is 0 Å². The highest BCUT2D eigenvalue weighted by molar-refractivity contribution is 7.45. The average Bonchev–Trinajstić information content (AvgIpc) is 3.07. The van der Waals surface area contributed by atoms with E-state index >= 15 is 0 Å². The van der Waals surface area contributed by atoms with Crippen molar-refractivity contribution in [1.29, 1.82) is 0 Å². The fraction of sp³-hybridized carbons (Fsp3) is 0.902. The number of hydrogen-bond acceptors (Lipinski definition) is 8. The summed E-state index contributed by atoms with van der Waals surface area (Å²) in [4.78, 5) is 37.4. The van der Waals surface area contributed by atoms with Crippen molar-refractivity contribution in [3.05, 3.63) is 12.2 Å². The minimum absolute atomic E-state index is 0.0288. The Kier molecular flexibility index (Phi) is 33.7. The van der Waals surface area contributed by atoms with Crippen LogP contribution in [0, 0.1) is 0 Å². The van der Waals surface area contributed by atoms with Crippen LogP contribution in [0.2, 0.25) is 0 Å². The highest BCUT2D eigenvalue weighted by Gasteiger charge is 2.21. The predicted octanol–water partition coefficient (Wildman–Crippen LogP) is 10.8. The van der Waals surface area contributed by atoms with E-state index in [1.54, 1.807) is 0 Å². The molecule has 0 radical (unpaired) electrons. The number of ether oxygens (including phenoxy) is 2. The number of quaternary nitrogens is 1. The molecule has 0 spiro atoms. The van der Waals surface area contributed by atoms with Gasteiger partial charge in [0.2, 0.25) is 0 Å². The van der Waals surface area contributed by atoms with E-state index in [0.29, 0.717) is 17.4 Å². The second kappa shape index (κ2) is 34.5. The number of unbranched alkanes of at least 4 members (excludes halogenated alkanes) is 22. The van der Waals surface area contributed by atoms with E-state index in [2.05, 4.69) is 26.0 Å². The molecule has 0 aromatic carbocycles. The summed E-state index contributed by atoms with van der Waals surface area (Å²) in [6, 6.07) is 0. The smallest absolute Gasteiger partial charge is 0.306 e. The highest BCUT2D eigenvalue weighted by atomic mass is 31.2. The first-order valence-corrected chi connectivity index (χ1v) is 22.4. The van der Waals surface area contributed by atoms with Gasteiger partial charge in [-0.2, -0.15) is 0 Å². The van der Waals surface area contributed by atoms with Crippen molar-refractivity contribution in [3.63, 3.8) is 0 Å². The number of hydrogen-bond donors (Lipinski definition) is 0. The highest BCUT2D eigenvalue weighted by Crippen LogP contribution is 2.38. The van der Waals surface area contributed by atoms with E-state index in [1.807, 2.05) is 21.1 Å². The van der Waals surface area contributed by atoms with Gasteiger partial charge in [-0.1, -0.05) is 148 Å². The lowest BCUT2D eigenvalue weighted by Gasteiger charge is -2.28. The fourth-order valence-corrected chi connectivity index (χ4v) is 6.44. The van der Waals surface area contributed by atoms with E-state index < -0.39 is 26.5 Å². The number of rotatable bonds is 38. The van der Waals surface area contributed by atoms with Crippen LogP contribution in [0.1, 0.15) is 187 Å². The summed E-state index contributed by atoms with van der Waals surface area (Å²) >= 11 is 0.